The molecule has 0 bridgehead atoms. The van der Waals surface area contributed by atoms with E-state index >= 15 is 0 Å². The summed E-state index contributed by atoms with van der Waals surface area (Å²) in [6, 6.07) is 9.22. The molecule has 1 aromatic heterocycles. The second-order valence-corrected chi connectivity index (χ2v) is 8.23. The first-order valence-electron chi connectivity index (χ1n) is 9.96. The average Bonchev–Trinajstić information content (AvgIpc) is 3.21. The lowest BCUT2D eigenvalue weighted by Crippen LogP contribution is -2.45. The van der Waals surface area contributed by atoms with Gasteiger partial charge in [0.15, 0.2) is 0 Å². The molecule has 2 aromatic rings. The van der Waals surface area contributed by atoms with Gasteiger partial charge in [-0.05, 0) is 32.1 Å². The van der Waals surface area contributed by atoms with E-state index in [1.165, 1.54) is 11.3 Å². The van der Waals surface area contributed by atoms with Crippen LogP contribution >= 0.6 is 11.3 Å². The number of likely N-dealkylation sites (N-methyl/N-ethyl adjacent to an activating group) is 1. The predicted molar refractivity (Wildman–Crippen MR) is 114 cm³/mol. The number of hydrogen-bond donors (Lipinski definition) is 2. The lowest BCUT2D eigenvalue weighted by atomic mass is 10.3. The molecule has 1 aliphatic heterocycles. The number of rotatable bonds is 9. The molecule has 1 aromatic carbocycles. The molecule has 0 atom stereocenters. The second-order valence-electron chi connectivity index (χ2n) is 7.17. The molecule has 29 heavy (non-hydrogen) atoms. The molecule has 2 N–H and O–H groups in total. The molecule has 1 saturated heterocycles. The molecule has 1 aliphatic rings. The van der Waals surface area contributed by atoms with Crippen molar-refractivity contribution in [1.29, 1.82) is 0 Å². The molecule has 0 saturated carbocycles. The highest BCUT2D eigenvalue weighted by molar-refractivity contribution is 7.13. The minimum Gasteiger partial charge on any atom is -0.356 e. The first-order valence-corrected chi connectivity index (χ1v) is 10.8. The molecular formula is C20H28N6O2S. The van der Waals surface area contributed by atoms with Gasteiger partial charge in [0.05, 0.1) is 0 Å². The lowest BCUT2D eigenvalue weighted by Gasteiger charge is -2.32. The lowest BCUT2D eigenvalue weighted by molar-refractivity contribution is -0.121. The fourth-order valence-electron chi connectivity index (χ4n) is 3.06. The number of amides is 2. The van der Waals surface area contributed by atoms with Crippen LogP contribution in [-0.2, 0) is 11.2 Å². The number of para-hydroxylation sites is 1. The van der Waals surface area contributed by atoms with Crippen molar-refractivity contribution in [2.75, 3.05) is 51.6 Å². The van der Waals surface area contributed by atoms with Gasteiger partial charge in [0.2, 0.25) is 10.9 Å². The number of aryl methyl sites for hydroxylation is 1. The Morgan fingerprint density at radius 3 is 2.62 bits per heavy atom. The summed E-state index contributed by atoms with van der Waals surface area (Å²) >= 11 is 1.22. The van der Waals surface area contributed by atoms with Crippen LogP contribution in [0.15, 0.2) is 30.3 Å². The normalized spacial score (nSPS) is 15.2. The van der Waals surface area contributed by atoms with Gasteiger partial charge in [-0.3, -0.25) is 9.59 Å². The van der Waals surface area contributed by atoms with Crippen molar-refractivity contribution in [1.82, 2.24) is 25.3 Å². The van der Waals surface area contributed by atoms with Crippen LogP contribution < -0.4 is 10.6 Å². The zero-order chi connectivity index (χ0) is 20.5. The summed E-state index contributed by atoms with van der Waals surface area (Å²) in [6.45, 7) is 6.12. The van der Waals surface area contributed by atoms with Crippen LogP contribution in [0.1, 0.15) is 27.7 Å². The topological polar surface area (TPSA) is 90.5 Å². The summed E-state index contributed by atoms with van der Waals surface area (Å²) < 4.78 is 0. The molecule has 9 heteroatoms. The highest BCUT2D eigenvalue weighted by atomic mass is 32.1. The first-order chi connectivity index (χ1) is 14.1. The second kappa shape index (κ2) is 11.0. The fraction of sp³-hybridized carbons (Fsp3) is 0.500. The molecule has 0 unspecified atom stereocenters. The summed E-state index contributed by atoms with van der Waals surface area (Å²) in [7, 11) is 2.15. The molecular weight excluding hydrogens is 388 g/mol. The zero-order valence-electron chi connectivity index (χ0n) is 16.8. The monoisotopic (exact) mass is 416 g/mol. The Labute approximate surface area is 175 Å². The van der Waals surface area contributed by atoms with Crippen LogP contribution in [-0.4, -0.2) is 78.1 Å². The Bertz CT molecular complexity index is 789. The van der Waals surface area contributed by atoms with Gasteiger partial charge >= 0.3 is 0 Å². The van der Waals surface area contributed by atoms with Crippen LogP contribution in [0.5, 0.6) is 0 Å². The standard InChI is InChI=1S/C20H28N6O2S/c1-25-12-14-26(15-13-25)11-5-10-21-17(27)8-9-18-23-24-20(29-18)19(28)22-16-6-3-2-4-7-16/h2-4,6-7H,5,8-15H2,1H3,(H,21,27)(H,22,28). The molecule has 8 nitrogen and oxygen atoms in total. The number of benzene rings is 1. The van der Waals surface area contributed by atoms with Gasteiger partial charge in [0, 0.05) is 51.3 Å². The van der Waals surface area contributed by atoms with Crippen molar-refractivity contribution in [3.63, 3.8) is 0 Å². The van der Waals surface area contributed by atoms with Gasteiger partial charge in [-0.1, -0.05) is 29.5 Å². The molecule has 0 spiro atoms. The Morgan fingerprint density at radius 2 is 1.86 bits per heavy atom. The van der Waals surface area contributed by atoms with Crippen LogP contribution in [0.3, 0.4) is 0 Å². The van der Waals surface area contributed by atoms with Gasteiger partial charge < -0.3 is 20.4 Å². The van der Waals surface area contributed by atoms with E-state index in [1.54, 1.807) is 0 Å². The van der Waals surface area contributed by atoms with E-state index in [1.807, 2.05) is 30.3 Å². The first kappa shape index (κ1) is 21.4. The van der Waals surface area contributed by atoms with Gasteiger partial charge in [-0.25, -0.2) is 0 Å². The number of piperazine rings is 1. The summed E-state index contributed by atoms with van der Waals surface area (Å²) in [5.74, 6) is -0.276. The quantitative estimate of drug-likeness (QED) is 0.602. The molecule has 156 valence electrons. The third kappa shape index (κ3) is 7.19. The third-order valence-electron chi connectivity index (χ3n) is 4.83. The Balaban J connectivity index is 1.31. The van der Waals surface area contributed by atoms with Crippen molar-refractivity contribution in [3.05, 3.63) is 40.3 Å². The Hall–Kier alpha value is -2.36. The van der Waals surface area contributed by atoms with E-state index in [2.05, 4.69) is 37.7 Å². The van der Waals surface area contributed by atoms with E-state index < -0.39 is 0 Å². The fourth-order valence-corrected chi connectivity index (χ4v) is 3.80. The highest BCUT2D eigenvalue weighted by Gasteiger charge is 2.15. The van der Waals surface area contributed by atoms with Gasteiger partial charge in [-0.15, -0.1) is 10.2 Å². The van der Waals surface area contributed by atoms with E-state index in [0.29, 0.717) is 35.1 Å². The maximum Gasteiger partial charge on any atom is 0.286 e. The summed E-state index contributed by atoms with van der Waals surface area (Å²) in [4.78, 5) is 29.0. The van der Waals surface area contributed by atoms with Crippen LogP contribution in [0.25, 0.3) is 0 Å². The number of nitrogens with one attached hydrogen (secondary N) is 2. The number of nitrogens with zero attached hydrogens (tertiary/aromatic N) is 4. The van der Waals surface area contributed by atoms with Crippen molar-refractivity contribution in [2.24, 2.45) is 0 Å². The number of carbonyl (C=O) groups is 2. The molecule has 2 amide bonds. The zero-order valence-corrected chi connectivity index (χ0v) is 17.6. The molecule has 0 aliphatic carbocycles. The van der Waals surface area contributed by atoms with Crippen LogP contribution in [0.2, 0.25) is 0 Å². The van der Waals surface area contributed by atoms with Crippen molar-refractivity contribution < 1.29 is 9.59 Å². The number of aromatic nitrogens is 2. The van der Waals surface area contributed by atoms with Gasteiger partial charge in [0.1, 0.15) is 5.01 Å². The summed E-state index contributed by atoms with van der Waals surface area (Å²) in [5, 5.41) is 14.7. The third-order valence-corrected chi connectivity index (χ3v) is 5.81. The molecule has 1 fully saturated rings. The van der Waals surface area contributed by atoms with E-state index in [0.717, 1.165) is 39.1 Å². The Morgan fingerprint density at radius 1 is 1.10 bits per heavy atom. The average molecular weight is 417 g/mol. The predicted octanol–water partition coefficient (Wildman–Crippen LogP) is 1.48. The van der Waals surface area contributed by atoms with E-state index in [-0.39, 0.29) is 11.8 Å². The van der Waals surface area contributed by atoms with E-state index in [4.69, 9.17) is 0 Å². The largest absolute Gasteiger partial charge is 0.356 e. The van der Waals surface area contributed by atoms with Crippen molar-refractivity contribution >= 4 is 28.8 Å². The molecule has 0 radical (unpaired) electrons. The van der Waals surface area contributed by atoms with Crippen LogP contribution in [0, 0.1) is 0 Å². The highest BCUT2D eigenvalue weighted by Crippen LogP contribution is 2.14. The van der Waals surface area contributed by atoms with Gasteiger partial charge in [-0.2, -0.15) is 0 Å². The minimum absolute atomic E-state index is 0.00821. The number of hydrogen-bond acceptors (Lipinski definition) is 7. The molecule has 3 rings (SSSR count). The van der Waals surface area contributed by atoms with Crippen molar-refractivity contribution in [2.45, 2.75) is 19.3 Å². The van der Waals surface area contributed by atoms with Crippen LogP contribution in [0.4, 0.5) is 5.69 Å². The number of anilines is 1. The van der Waals surface area contributed by atoms with Gasteiger partial charge in [0.25, 0.3) is 5.91 Å². The summed E-state index contributed by atoms with van der Waals surface area (Å²) in [6.07, 6.45) is 1.79. The maximum atomic E-state index is 12.2. The van der Waals surface area contributed by atoms with Crippen molar-refractivity contribution in [3.8, 4) is 0 Å². The molecule has 2 heterocycles. The maximum absolute atomic E-state index is 12.2. The summed E-state index contributed by atoms with van der Waals surface area (Å²) in [5.41, 5.74) is 0.713. The smallest absolute Gasteiger partial charge is 0.286 e. The minimum atomic E-state index is -0.284. The van der Waals surface area contributed by atoms with E-state index in [9.17, 15) is 9.59 Å². The number of carbonyl (C=O) groups excluding carboxylic acids is 2. The SMILES string of the molecule is CN1CCN(CCCNC(=O)CCc2nnc(C(=O)Nc3ccccc3)s2)CC1. The Kier molecular flexibility index (Phi) is 8.09.